The first-order valence-corrected chi connectivity index (χ1v) is 5.90. The second kappa shape index (κ2) is 4.86. The van der Waals surface area contributed by atoms with Crippen LogP contribution in [0.1, 0.15) is 28.4 Å². The minimum atomic E-state index is -0.201. The molecular weight excluding hydrogens is 232 g/mol. The molecule has 3 heteroatoms. The molecule has 0 saturated carbocycles. The zero-order valence-corrected chi connectivity index (χ0v) is 10.7. The molecule has 1 atom stereocenters. The Hall–Kier alpha value is -1.38. The van der Waals surface area contributed by atoms with Crippen LogP contribution in [0, 0.1) is 13.8 Å². The Balaban J connectivity index is 2.36. The first-order valence-electron chi connectivity index (χ1n) is 5.52. The van der Waals surface area contributed by atoms with E-state index in [4.69, 9.17) is 17.3 Å². The van der Waals surface area contributed by atoms with Crippen molar-refractivity contribution in [3.8, 4) is 0 Å². The highest BCUT2D eigenvalue weighted by Crippen LogP contribution is 2.22. The van der Waals surface area contributed by atoms with Crippen LogP contribution in [0.2, 0.25) is 5.02 Å². The number of pyridine rings is 1. The van der Waals surface area contributed by atoms with Gasteiger partial charge in [-0.2, -0.15) is 0 Å². The summed E-state index contributed by atoms with van der Waals surface area (Å²) in [5.74, 6) is 0. The summed E-state index contributed by atoms with van der Waals surface area (Å²) in [6.45, 7) is 4.14. The number of benzene rings is 1. The van der Waals surface area contributed by atoms with Crippen LogP contribution in [0.15, 0.2) is 36.5 Å². The number of halogens is 1. The molecule has 1 heterocycles. The third-order valence-electron chi connectivity index (χ3n) is 2.83. The van der Waals surface area contributed by atoms with Gasteiger partial charge in [-0.1, -0.05) is 35.4 Å². The lowest BCUT2D eigenvalue weighted by atomic mass is 9.97. The minimum absolute atomic E-state index is 0.201. The molecule has 0 aliphatic carbocycles. The molecule has 0 spiro atoms. The van der Waals surface area contributed by atoms with Crippen molar-refractivity contribution in [2.24, 2.45) is 5.73 Å². The normalized spacial score (nSPS) is 12.5. The highest BCUT2D eigenvalue weighted by molar-refractivity contribution is 6.30. The van der Waals surface area contributed by atoms with Crippen LogP contribution >= 0.6 is 11.6 Å². The molecule has 88 valence electrons. The van der Waals surface area contributed by atoms with E-state index in [-0.39, 0.29) is 6.04 Å². The summed E-state index contributed by atoms with van der Waals surface area (Å²) in [5, 5.41) is 0.626. The second-order valence-electron chi connectivity index (χ2n) is 4.24. The van der Waals surface area contributed by atoms with Crippen molar-refractivity contribution in [2.45, 2.75) is 19.9 Å². The van der Waals surface area contributed by atoms with E-state index in [1.165, 1.54) is 11.1 Å². The van der Waals surface area contributed by atoms with Gasteiger partial charge in [0.1, 0.15) is 0 Å². The van der Waals surface area contributed by atoms with Crippen molar-refractivity contribution < 1.29 is 0 Å². The molecule has 0 fully saturated rings. The van der Waals surface area contributed by atoms with E-state index in [2.05, 4.69) is 37.0 Å². The Kier molecular flexibility index (Phi) is 3.46. The van der Waals surface area contributed by atoms with Crippen molar-refractivity contribution in [2.75, 3.05) is 0 Å². The van der Waals surface area contributed by atoms with Gasteiger partial charge in [-0.15, -0.1) is 0 Å². The van der Waals surface area contributed by atoms with Gasteiger partial charge in [-0.05, 0) is 37.1 Å². The summed E-state index contributed by atoms with van der Waals surface area (Å²) >= 11 is 5.81. The van der Waals surface area contributed by atoms with Crippen LogP contribution < -0.4 is 5.73 Å². The summed E-state index contributed by atoms with van der Waals surface area (Å²) in [7, 11) is 0. The Bertz CT molecular complexity index is 520. The fourth-order valence-electron chi connectivity index (χ4n) is 1.91. The molecule has 2 aromatic rings. The van der Waals surface area contributed by atoms with Crippen molar-refractivity contribution >= 4 is 11.6 Å². The Labute approximate surface area is 106 Å². The van der Waals surface area contributed by atoms with Gasteiger partial charge in [0.05, 0.1) is 16.8 Å². The molecule has 2 nitrogen and oxygen atoms in total. The molecule has 0 bridgehead atoms. The maximum Gasteiger partial charge on any atom is 0.0728 e. The average molecular weight is 247 g/mol. The van der Waals surface area contributed by atoms with E-state index >= 15 is 0 Å². The smallest absolute Gasteiger partial charge is 0.0728 e. The van der Waals surface area contributed by atoms with Crippen LogP contribution in [0.25, 0.3) is 0 Å². The Morgan fingerprint density at radius 1 is 1.18 bits per heavy atom. The molecule has 0 radical (unpaired) electrons. The van der Waals surface area contributed by atoms with Gasteiger partial charge in [0.15, 0.2) is 0 Å². The zero-order valence-electron chi connectivity index (χ0n) is 9.94. The molecule has 1 aromatic carbocycles. The summed E-state index contributed by atoms with van der Waals surface area (Å²) in [5.41, 5.74) is 10.6. The van der Waals surface area contributed by atoms with Crippen LogP contribution in [0.4, 0.5) is 0 Å². The van der Waals surface area contributed by atoms with Gasteiger partial charge in [-0.25, -0.2) is 0 Å². The molecule has 0 amide bonds. The van der Waals surface area contributed by atoms with Crippen molar-refractivity contribution in [1.82, 2.24) is 4.98 Å². The van der Waals surface area contributed by atoms with Crippen molar-refractivity contribution in [1.29, 1.82) is 0 Å². The van der Waals surface area contributed by atoms with E-state index in [1.807, 2.05) is 12.1 Å². The Morgan fingerprint density at radius 2 is 1.94 bits per heavy atom. The number of nitrogens with zero attached hydrogens (tertiary/aromatic N) is 1. The number of aryl methyl sites for hydroxylation is 2. The largest absolute Gasteiger partial charge is 0.319 e. The number of hydrogen-bond acceptors (Lipinski definition) is 2. The molecule has 1 unspecified atom stereocenters. The SMILES string of the molecule is Cc1ccc(C(N)c2ccc(Cl)cn2)c(C)c1. The van der Waals surface area contributed by atoms with Crippen molar-refractivity contribution in [3.63, 3.8) is 0 Å². The van der Waals surface area contributed by atoms with E-state index < -0.39 is 0 Å². The van der Waals surface area contributed by atoms with E-state index in [1.54, 1.807) is 6.20 Å². The molecule has 2 N–H and O–H groups in total. The Morgan fingerprint density at radius 3 is 2.53 bits per heavy atom. The third-order valence-corrected chi connectivity index (χ3v) is 3.05. The molecule has 2 rings (SSSR count). The summed E-state index contributed by atoms with van der Waals surface area (Å²) in [4.78, 5) is 4.26. The lowest BCUT2D eigenvalue weighted by molar-refractivity contribution is 0.820. The van der Waals surface area contributed by atoms with E-state index in [0.29, 0.717) is 5.02 Å². The number of hydrogen-bond donors (Lipinski definition) is 1. The van der Waals surface area contributed by atoms with Crippen LogP contribution in [0.5, 0.6) is 0 Å². The fraction of sp³-hybridized carbons (Fsp3) is 0.214. The topological polar surface area (TPSA) is 38.9 Å². The fourth-order valence-corrected chi connectivity index (χ4v) is 2.02. The van der Waals surface area contributed by atoms with Gasteiger partial charge in [0, 0.05) is 6.20 Å². The lowest BCUT2D eigenvalue weighted by Crippen LogP contribution is -2.14. The van der Waals surface area contributed by atoms with Crippen molar-refractivity contribution in [3.05, 3.63) is 63.9 Å². The lowest BCUT2D eigenvalue weighted by Gasteiger charge is -2.14. The highest BCUT2D eigenvalue weighted by Gasteiger charge is 2.12. The predicted octanol–water partition coefficient (Wildman–Crippen LogP) is 3.40. The van der Waals surface area contributed by atoms with Crippen LogP contribution in [0.3, 0.4) is 0 Å². The molecule has 1 aromatic heterocycles. The third kappa shape index (κ3) is 2.65. The number of rotatable bonds is 2. The number of nitrogens with two attached hydrogens (primary N) is 1. The van der Waals surface area contributed by atoms with E-state index in [0.717, 1.165) is 11.3 Å². The standard InChI is InChI=1S/C14H15ClN2/c1-9-3-5-12(10(2)7-9)14(16)13-6-4-11(15)8-17-13/h3-8,14H,16H2,1-2H3. The maximum atomic E-state index is 6.21. The summed E-state index contributed by atoms with van der Waals surface area (Å²) in [6.07, 6.45) is 1.63. The molecular formula is C14H15ClN2. The maximum absolute atomic E-state index is 6.21. The van der Waals surface area contributed by atoms with Gasteiger partial charge in [0.25, 0.3) is 0 Å². The molecule has 0 aliphatic heterocycles. The molecule has 0 aliphatic rings. The second-order valence-corrected chi connectivity index (χ2v) is 4.68. The average Bonchev–Trinajstić information content (AvgIpc) is 2.29. The zero-order chi connectivity index (χ0) is 12.4. The highest BCUT2D eigenvalue weighted by atomic mass is 35.5. The van der Waals surface area contributed by atoms with Gasteiger partial charge < -0.3 is 5.73 Å². The van der Waals surface area contributed by atoms with Gasteiger partial charge >= 0.3 is 0 Å². The number of aromatic nitrogens is 1. The van der Waals surface area contributed by atoms with Crippen LogP contribution in [-0.2, 0) is 0 Å². The quantitative estimate of drug-likeness (QED) is 0.882. The predicted molar refractivity (Wildman–Crippen MR) is 71.2 cm³/mol. The first kappa shape index (κ1) is 12.1. The molecule has 0 saturated heterocycles. The molecule has 17 heavy (non-hydrogen) atoms. The summed E-state index contributed by atoms with van der Waals surface area (Å²) < 4.78 is 0. The van der Waals surface area contributed by atoms with E-state index in [9.17, 15) is 0 Å². The monoisotopic (exact) mass is 246 g/mol. The first-order chi connectivity index (χ1) is 8.08. The summed E-state index contributed by atoms with van der Waals surface area (Å²) in [6, 6.07) is 9.74. The van der Waals surface area contributed by atoms with Gasteiger partial charge in [0.2, 0.25) is 0 Å². The minimum Gasteiger partial charge on any atom is -0.319 e. The van der Waals surface area contributed by atoms with Crippen LogP contribution in [-0.4, -0.2) is 4.98 Å². The van der Waals surface area contributed by atoms with Gasteiger partial charge in [-0.3, -0.25) is 4.98 Å².